The summed E-state index contributed by atoms with van der Waals surface area (Å²) >= 11 is 0. The molecule has 1 aromatic carbocycles. The second-order valence-corrected chi connectivity index (χ2v) is 4.30. The van der Waals surface area contributed by atoms with Gasteiger partial charge in [-0.1, -0.05) is 25.1 Å². The molecule has 0 bridgehead atoms. The summed E-state index contributed by atoms with van der Waals surface area (Å²) < 4.78 is 9.64. The van der Waals surface area contributed by atoms with Gasteiger partial charge >= 0.3 is 17.9 Å². The van der Waals surface area contributed by atoms with E-state index in [0.29, 0.717) is 12.0 Å². The second kappa shape index (κ2) is 8.73. The molecule has 0 radical (unpaired) electrons. The number of carbonyl (C=O) groups is 3. The number of hydrogen-bond acceptors (Lipinski definition) is 5. The van der Waals surface area contributed by atoms with E-state index in [1.54, 1.807) is 12.1 Å². The summed E-state index contributed by atoms with van der Waals surface area (Å²) in [7, 11) is 0. The minimum absolute atomic E-state index is 0.00572. The molecule has 0 aliphatic rings. The van der Waals surface area contributed by atoms with Crippen molar-refractivity contribution in [3.8, 4) is 0 Å². The largest absolute Gasteiger partial charge is 0.481 e. The molecule has 0 heterocycles. The van der Waals surface area contributed by atoms with E-state index in [1.807, 2.05) is 19.1 Å². The zero-order valence-corrected chi connectivity index (χ0v) is 11.8. The van der Waals surface area contributed by atoms with Gasteiger partial charge in [0.2, 0.25) is 0 Å². The Balaban J connectivity index is 2.35. The summed E-state index contributed by atoms with van der Waals surface area (Å²) in [5.41, 5.74) is 1.27. The molecule has 0 amide bonds. The van der Waals surface area contributed by atoms with Crippen molar-refractivity contribution < 1.29 is 29.0 Å². The molecule has 0 aliphatic heterocycles. The first-order valence-electron chi connectivity index (χ1n) is 6.67. The Morgan fingerprint density at radius 3 is 2.52 bits per heavy atom. The number of rotatable bonds is 8. The van der Waals surface area contributed by atoms with Gasteiger partial charge in [-0.05, 0) is 24.5 Å². The Bertz CT molecular complexity index is 509. The SMILES string of the molecule is CCc1ccccc1C(=O)OCC(=O)OCCCC(=O)O. The lowest BCUT2D eigenvalue weighted by atomic mass is 10.1. The number of esters is 2. The van der Waals surface area contributed by atoms with Crippen molar-refractivity contribution in [2.45, 2.75) is 26.2 Å². The highest BCUT2D eigenvalue weighted by atomic mass is 16.6. The lowest BCUT2D eigenvalue weighted by molar-refractivity contribution is -0.148. The molecule has 0 atom stereocenters. The van der Waals surface area contributed by atoms with Crippen LogP contribution >= 0.6 is 0 Å². The summed E-state index contributed by atoms with van der Waals surface area (Å²) in [6, 6.07) is 7.01. The van der Waals surface area contributed by atoms with Crippen molar-refractivity contribution in [1.82, 2.24) is 0 Å². The van der Waals surface area contributed by atoms with Crippen LogP contribution in [0.2, 0.25) is 0 Å². The normalized spacial score (nSPS) is 9.95. The first-order chi connectivity index (χ1) is 10.0. The maximum absolute atomic E-state index is 11.8. The third kappa shape index (κ3) is 6.07. The molecule has 1 rings (SSSR count). The third-order valence-electron chi connectivity index (χ3n) is 2.74. The Kier molecular flexibility index (Phi) is 6.94. The van der Waals surface area contributed by atoms with E-state index >= 15 is 0 Å². The predicted molar refractivity (Wildman–Crippen MR) is 73.9 cm³/mol. The van der Waals surface area contributed by atoms with Crippen LogP contribution < -0.4 is 0 Å². The van der Waals surface area contributed by atoms with E-state index in [-0.39, 0.29) is 19.4 Å². The highest BCUT2D eigenvalue weighted by molar-refractivity contribution is 5.92. The van der Waals surface area contributed by atoms with E-state index < -0.39 is 24.5 Å². The molecule has 0 unspecified atom stereocenters. The first kappa shape index (κ1) is 16.7. The predicted octanol–water partition coefficient (Wildman–Crippen LogP) is 1.81. The number of carbonyl (C=O) groups excluding carboxylic acids is 2. The minimum atomic E-state index is -0.950. The monoisotopic (exact) mass is 294 g/mol. The summed E-state index contributed by atoms with van der Waals surface area (Å²) in [6.07, 6.45) is 0.843. The highest BCUT2D eigenvalue weighted by Crippen LogP contribution is 2.10. The Labute approximate surface area is 122 Å². The number of carboxylic acids is 1. The Morgan fingerprint density at radius 2 is 1.86 bits per heavy atom. The molecule has 0 fully saturated rings. The van der Waals surface area contributed by atoms with Gasteiger partial charge in [0.05, 0.1) is 12.2 Å². The number of aliphatic carboxylic acids is 1. The standard InChI is InChI=1S/C15H18O6/c1-2-11-6-3-4-7-12(11)15(19)21-10-14(18)20-9-5-8-13(16)17/h3-4,6-7H,2,5,8-10H2,1H3,(H,16,17). The fraction of sp³-hybridized carbons (Fsp3) is 0.400. The van der Waals surface area contributed by atoms with Crippen LogP contribution in [0.15, 0.2) is 24.3 Å². The number of carboxylic acid groups (broad SMARTS) is 1. The molecule has 0 spiro atoms. The van der Waals surface area contributed by atoms with Crippen LogP contribution in [0.5, 0.6) is 0 Å². The van der Waals surface area contributed by atoms with Crippen molar-refractivity contribution in [3.05, 3.63) is 35.4 Å². The van der Waals surface area contributed by atoms with Crippen molar-refractivity contribution in [2.24, 2.45) is 0 Å². The quantitative estimate of drug-likeness (QED) is 0.581. The smallest absolute Gasteiger partial charge is 0.344 e. The van der Waals surface area contributed by atoms with Gasteiger partial charge in [0, 0.05) is 6.42 Å². The molecular formula is C15H18O6. The van der Waals surface area contributed by atoms with Crippen LogP contribution in [-0.2, 0) is 25.5 Å². The van der Waals surface area contributed by atoms with Crippen molar-refractivity contribution in [1.29, 1.82) is 0 Å². The fourth-order valence-electron chi connectivity index (χ4n) is 1.68. The van der Waals surface area contributed by atoms with Crippen molar-refractivity contribution in [3.63, 3.8) is 0 Å². The van der Waals surface area contributed by atoms with Gasteiger partial charge in [-0.25, -0.2) is 9.59 Å². The molecule has 1 aromatic rings. The van der Waals surface area contributed by atoms with Crippen LogP contribution in [0, 0.1) is 0 Å². The van der Waals surface area contributed by atoms with E-state index in [0.717, 1.165) is 5.56 Å². The average Bonchev–Trinajstić information content (AvgIpc) is 2.48. The van der Waals surface area contributed by atoms with Crippen LogP contribution in [0.3, 0.4) is 0 Å². The Morgan fingerprint density at radius 1 is 1.14 bits per heavy atom. The van der Waals surface area contributed by atoms with Crippen LogP contribution in [0.1, 0.15) is 35.7 Å². The van der Waals surface area contributed by atoms with E-state index in [1.165, 1.54) is 0 Å². The lowest BCUT2D eigenvalue weighted by Gasteiger charge is -2.08. The highest BCUT2D eigenvalue weighted by Gasteiger charge is 2.13. The molecule has 21 heavy (non-hydrogen) atoms. The molecule has 0 saturated heterocycles. The molecule has 1 N–H and O–H groups in total. The van der Waals surface area contributed by atoms with Gasteiger partial charge in [-0.15, -0.1) is 0 Å². The van der Waals surface area contributed by atoms with Gasteiger partial charge < -0.3 is 14.6 Å². The summed E-state index contributed by atoms with van der Waals surface area (Å²) in [5, 5.41) is 8.42. The van der Waals surface area contributed by atoms with Gasteiger partial charge in [-0.3, -0.25) is 4.79 Å². The summed E-state index contributed by atoms with van der Waals surface area (Å²) in [5.74, 6) is -2.22. The zero-order valence-electron chi connectivity index (χ0n) is 11.8. The molecular weight excluding hydrogens is 276 g/mol. The van der Waals surface area contributed by atoms with Crippen molar-refractivity contribution >= 4 is 17.9 Å². The molecule has 0 aliphatic carbocycles. The third-order valence-corrected chi connectivity index (χ3v) is 2.74. The van der Waals surface area contributed by atoms with Crippen LogP contribution in [0.4, 0.5) is 0 Å². The average molecular weight is 294 g/mol. The topological polar surface area (TPSA) is 89.9 Å². The maximum Gasteiger partial charge on any atom is 0.344 e. The molecule has 6 nitrogen and oxygen atoms in total. The molecule has 6 heteroatoms. The van der Waals surface area contributed by atoms with Gasteiger partial charge in [0.1, 0.15) is 0 Å². The minimum Gasteiger partial charge on any atom is -0.481 e. The summed E-state index contributed by atoms with van der Waals surface area (Å²) in [4.78, 5) is 33.4. The lowest BCUT2D eigenvalue weighted by Crippen LogP contribution is -2.18. The second-order valence-electron chi connectivity index (χ2n) is 4.30. The van der Waals surface area contributed by atoms with Crippen LogP contribution in [-0.4, -0.2) is 36.2 Å². The number of benzene rings is 1. The first-order valence-corrected chi connectivity index (χ1v) is 6.67. The van der Waals surface area contributed by atoms with Gasteiger partial charge in [0.25, 0.3) is 0 Å². The molecule has 0 saturated carbocycles. The molecule has 114 valence electrons. The number of ether oxygens (including phenoxy) is 2. The molecule has 0 aromatic heterocycles. The zero-order chi connectivity index (χ0) is 15.7. The van der Waals surface area contributed by atoms with Crippen molar-refractivity contribution in [2.75, 3.05) is 13.2 Å². The summed E-state index contributed by atoms with van der Waals surface area (Å²) in [6.45, 7) is 1.43. The maximum atomic E-state index is 11.8. The number of hydrogen-bond donors (Lipinski definition) is 1. The van der Waals surface area contributed by atoms with Gasteiger partial charge in [-0.2, -0.15) is 0 Å². The van der Waals surface area contributed by atoms with Crippen LogP contribution in [0.25, 0.3) is 0 Å². The van der Waals surface area contributed by atoms with E-state index in [9.17, 15) is 14.4 Å². The van der Waals surface area contributed by atoms with E-state index in [4.69, 9.17) is 14.6 Å². The fourth-order valence-corrected chi connectivity index (χ4v) is 1.68. The Hall–Kier alpha value is -2.37. The number of aryl methyl sites for hydroxylation is 1. The van der Waals surface area contributed by atoms with E-state index in [2.05, 4.69) is 0 Å². The van der Waals surface area contributed by atoms with Gasteiger partial charge in [0.15, 0.2) is 6.61 Å².